The summed E-state index contributed by atoms with van der Waals surface area (Å²) in [5, 5.41) is 12.0. The normalized spacial score (nSPS) is 12.2. The van der Waals surface area contributed by atoms with E-state index >= 15 is 0 Å². The molecule has 6 heteroatoms. The monoisotopic (exact) mass is 351 g/mol. The summed E-state index contributed by atoms with van der Waals surface area (Å²) >= 11 is 15.2. The minimum absolute atomic E-state index is 0.263. The molecule has 2 aromatic heterocycles. The van der Waals surface area contributed by atoms with Crippen molar-refractivity contribution in [1.82, 2.24) is 0 Å². The highest BCUT2D eigenvalue weighted by Crippen LogP contribution is 2.37. The van der Waals surface area contributed by atoms with Crippen molar-refractivity contribution in [2.45, 2.75) is 5.92 Å². The van der Waals surface area contributed by atoms with Crippen LogP contribution in [0.15, 0.2) is 35.7 Å². The van der Waals surface area contributed by atoms with Crippen LogP contribution >= 0.6 is 45.9 Å². The first-order valence-corrected chi connectivity index (χ1v) is 8.42. The van der Waals surface area contributed by atoms with E-state index in [1.54, 1.807) is 29.5 Å². The van der Waals surface area contributed by atoms with E-state index in [2.05, 4.69) is 0 Å². The lowest BCUT2D eigenvalue weighted by Gasteiger charge is -2.11. The number of carbonyl (C=O) groups excluding carboxylic acids is 1. The average Bonchev–Trinajstić information content (AvgIpc) is 3.03. The molecule has 3 rings (SSSR count). The molecule has 3 aromatic rings. The van der Waals surface area contributed by atoms with E-state index in [-0.39, 0.29) is 5.78 Å². The molecule has 2 heterocycles. The highest BCUT2D eigenvalue weighted by atomic mass is 35.5. The lowest BCUT2D eigenvalue weighted by atomic mass is 9.95. The second-order valence-corrected chi connectivity index (χ2v) is 7.17. The Balaban J connectivity index is 2.06. The number of hydrogen-bond donors (Lipinski definition) is 0. The van der Waals surface area contributed by atoms with E-state index in [0.29, 0.717) is 20.5 Å². The molecule has 1 unspecified atom stereocenters. The predicted molar refractivity (Wildman–Crippen MR) is 88.8 cm³/mol. The Bertz CT molecular complexity index is 827. The molecule has 0 saturated carbocycles. The van der Waals surface area contributed by atoms with Crippen LogP contribution < -0.4 is 0 Å². The Morgan fingerprint density at radius 2 is 1.90 bits per heavy atom. The number of nitriles is 1. The zero-order valence-electron chi connectivity index (χ0n) is 10.5. The average molecular weight is 352 g/mol. The van der Waals surface area contributed by atoms with E-state index in [0.717, 1.165) is 9.40 Å². The van der Waals surface area contributed by atoms with Crippen LogP contribution in [0.1, 0.15) is 21.2 Å². The summed E-state index contributed by atoms with van der Waals surface area (Å²) in [6, 6.07) is 10.8. The molecule has 0 bridgehead atoms. The molecule has 0 fully saturated rings. The molecular weight excluding hydrogens is 345 g/mol. The van der Waals surface area contributed by atoms with E-state index < -0.39 is 5.92 Å². The van der Waals surface area contributed by atoms with Crippen LogP contribution in [0.3, 0.4) is 0 Å². The molecule has 0 amide bonds. The standard InChI is InChI=1S/C15H7Cl2NOS2/c16-9-2-1-3-10(17)14(9)8(7-18)15(19)13-6-12-11(21-13)4-5-20-12/h1-6,8H. The van der Waals surface area contributed by atoms with Crippen LogP contribution in [0.4, 0.5) is 0 Å². The van der Waals surface area contributed by atoms with Gasteiger partial charge in [-0.3, -0.25) is 4.79 Å². The molecule has 0 aliphatic carbocycles. The Morgan fingerprint density at radius 3 is 2.52 bits per heavy atom. The maximum Gasteiger partial charge on any atom is 0.194 e. The van der Waals surface area contributed by atoms with Gasteiger partial charge in [0, 0.05) is 25.0 Å². The van der Waals surface area contributed by atoms with Gasteiger partial charge >= 0.3 is 0 Å². The molecular formula is C15H7Cl2NOS2. The molecule has 104 valence electrons. The van der Waals surface area contributed by atoms with Crippen molar-refractivity contribution in [2.24, 2.45) is 0 Å². The third-order valence-corrected chi connectivity index (χ3v) is 5.83. The number of thiophene rings is 2. The quantitative estimate of drug-likeness (QED) is 0.562. The number of carbonyl (C=O) groups is 1. The number of hydrogen-bond acceptors (Lipinski definition) is 4. The largest absolute Gasteiger partial charge is 0.291 e. The van der Waals surface area contributed by atoms with Gasteiger partial charge < -0.3 is 0 Å². The number of fused-ring (bicyclic) bond motifs is 1. The summed E-state index contributed by atoms with van der Waals surface area (Å²) in [5.74, 6) is -1.25. The summed E-state index contributed by atoms with van der Waals surface area (Å²) in [4.78, 5) is 13.2. The van der Waals surface area contributed by atoms with Gasteiger partial charge in [-0.25, -0.2) is 0 Å². The van der Waals surface area contributed by atoms with E-state index in [1.165, 1.54) is 11.3 Å². The Hall–Kier alpha value is -1.38. The van der Waals surface area contributed by atoms with Gasteiger partial charge in [0.25, 0.3) is 0 Å². The van der Waals surface area contributed by atoms with E-state index in [4.69, 9.17) is 23.2 Å². The number of halogens is 2. The van der Waals surface area contributed by atoms with Crippen LogP contribution in [0.5, 0.6) is 0 Å². The zero-order chi connectivity index (χ0) is 15.0. The molecule has 0 aliphatic rings. The lowest BCUT2D eigenvalue weighted by Crippen LogP contribution is -2.11. The van der Waals surface area contributed by atoms with Gasteiger partial charge in [0.1, 0.15) is 5.92 Å². The molecule has 1 aromatic carbocycles. The van der Waals surface area contributed by atoms with Crippen molar-refractivity contribution < 1.29 is 4.79 Å². The van der Waals surface area contributed by atoms with Gasteiger partial charge in [-0.15, -0.1) is 22.7 Å². The number of rotatable bonds is 3. The molecule has 0 spiro atoms. The molecule has 2 nitrogen and oxygen atoms in total. The van der Waals surface area contributed by atoms with Gasteiger partial charge in [-0.2, -0.15) is 5.26 Å². The van der Waals surface area contributed by atoms with Gasteiger partial charge in [-0.1, -0.05) is 29.3 Å². The minimum atomic E-state index is -0.987. The van der Waals surface area contributed by atoms with Crippen molar-refractivity contribution in [3.63, 3.8) is 0 Å². The number of Topliss-reactive ketones (excluding diaryl/α,β-unsaturated/α-hetero) is 1. The Morgan fingerprint density at radius 1 is 1.19 bits per heavy atom. The van der Waals surface area contributed by atoms with Crippen LogP contribution in [0.25, 0.3) is 9.40 Å². The molecule has 0 aliphatic heterocycles. The molecule has 1 atom stereocenters. The third kappa shape index (κ3) is 2.58. The van der Waals surface area contributed by atoms with Gasteiger partial charge in [-0.05, 0) is 29.6 Å². The number of ketones is 1. The molecule has 0 radical (unpaired) electrons. The molecule has 21 heavy (non-hydrogen) atoms. The first kappa shape index (κ1) is 14.6. The minimum Gasteiger partial charge on any atom is -0.291 e. The lowest BCUT2D eigenvalue weighted by molar-refractivity contribution is 0.0983. The summed E-state index contributed by atoms with van der Waals surface area (Å²) in [5.41, 5.74) is 0.380. The number of nitrogens with zero attached hydrogens (tertiary/aromatic N) is 1. The van der Waals surface area contributed by atoms with Crippen molar-refractivity contribution in [3.05, 3.63) is 56.2 Å². The predicted octanol–water partition coefficient (Wildman–Crippen LogP) is 5.76. The smallest absolute Gasteiger partial charge is 0.194 e. The second kappa shape index (κ2) is 5.78. The maximum absolute atomic E-state index is 12.6. The number of benzene rings is 1. The van der Waals surface area contributed by atoms with E-state index in [1.807, 2.05) is 23.6 Å². The van der Waals surface area contributed by atoms with Crippen LogP contribution in [-0.4, -0.2) is 5.78 Å². The van der Waals surface area contributed by atoms with Crippen molar-refractivity contribution in [3.8, 4) is 6.07 Å². The summed E-state index contributed by atoms with van der Waals surface area (Å²) in [7, 11) is 0. The SMILES string of the molecule is N#CC(C(=O)c1cc2sccc2s1)c1c(Cl)cccc1Cl. The topological polar surface area (TPSA) is 40.9 Å². The first-order chi connectivity index (χ1) is 10.1. The fraction of sp³-hybridized carbons (Fsp3) is 0.0667. The van der Waals surface area contributed by atoms with E-state index in [9.17, 15) is 10.1 Å². The summed E-state index contributed by atoms with van der Waals surface area (Å²) in [6.45, 7) is 0. The van der Waals surface area contributed by atoms with Crippen molar-refractivity contribution in [2.75, 3.05) is 0 Å². The maximum atomic E-state index is 12.6. The highest BCUT2D eigenvalue weighted by molar-refractivity contribution is 7.27. The fourth-order valence-corrected chi connectivity index (χ4v) is 4.76. The molecule has 0 N–H and O–H groups in total. The van der Waals surface area contributed by atoms with Crippen LogP contribution in [0.2, 0.25) is 10.0 Å². The van der Waals surface area contributed by atoms with Crippen molar-refractivity contribution in [1.29, 1.82) is 5.26 Å². The third-order valence-electron chi connectivity index (χ3n) is 3.06. The van der Waals surface area contributed by atoms with Crippen molar-refractivity contribution >= 4 is 61.1 Å². The Kier molecular flexibility index (Phi) is 4.01. The van der Waals surface area contributed by atoms with Crippen LogP contribution in [0, 0.1) is 11.3 Å². The molecule has 0 saturated heterocycles. The zero-order valence-corrected chi connectivity index (χ0v) is 13.6. The van der Waals surface area contributed by atoms with Gasteiger partial charge in [0.05, 0.1) is 10.9 Å². The second-order valence-electron chi connectivity index (χ2n) is 4.32. The van der Waals surface area contributed by atoms with Crippen LogP contribution in [-0.2, 0) is 0 Å². The summed E-state index contributed by atoms with van der Waals surface area (Å²) < 4.78 is 2.09. The Labute approximate surface area is 139 Å². The first-order valence-electron chi connectivity index (χ1n) is 5.96. The highest BCUT2D eigenvalue weighted by Gasteiger charge is 2.27. The van der Waals surface area contributed by atoms with Gasteiger partial charge in [0.2, 0.25) is 0 Å². The fourth-order valence-electron chi connectivity index (χ4n) is 2.07. The summed E-state index contributed by atoms with van der Waals surface area (Å²) in [6.07, 6.45) is 0. The van der Waals surface area contributed by atoms with Gasteiger partial charge in [0.15, 0.2) is 5.78 Å².